The van der Waals surface area contributed by atoms with E-state index in [2.05, 4.69) is 26.2 Å². The fraction of sp³-hybridized carbons (Fsp3) is 0.214. The number of aromatic nitrogens is 1. The molecule has 0 saturated carbocycles. The molecule has 0 saturated heterocycles. The fourth-order valence-corrected chi connectivity index (χ4v) is 2.19. The van der Waals surface area contributed by atoms with E-state index >= 15 is 0 Å². The van der Waals surface area contributed by atoms with Crippen molar-refractivity contribution in [3.8, 4) is 5.88 Å². The minimum atomic E-state index is -4.37. The second-order valence-corrected chi connectivity index (χ2v) is 5.20. The van der Waals surface area contributed by atoms with Gasteiger partial charge in [0.15, 0.2) is 0 Å². The highest BCUT2D eigenvalue weighted by molar-refractivity contribution is 9.10. The van der Waals surface area contributed by atoms with Gasteiger partial charge in [-0.15, -0.1) is 0 Å². The molecule has 1 heterocycles. The first-order valence-electron chi connectivity index (χ1n) is 5.99. The zero-order chi connectivity index (χ0) is 15.5. The third-order valence-corrected chi connectivity index (χ3v) is 3.19. The molecule has 0 bridgehead atoms. The van der Waals surface area contributed by atoms with Gasteiger partial charge >= 0.3 is 6.18 Å². The van der Waals surface area contributed by atoms with Crippen molar-refractivity contribution in [2.24, 2.45) is 0 Å². The van der Waals surface area contributed by atoms with Gasteiger partial charge in [0.25, 0.3) is 0 Å². The van der Waals surface area contributed by atoms with Crippen molar-refractivity contribution in [2.45, 2.75) is 12.7 Å². The van der Waals surface area contributed by atoms with E-state index in [-0.39, 0.29) is 0 Å². The first-order chi connectivity index (χ1) is 9.88. The van der Waals surface area contributed by atoms with Crippen molar-refractivity contribution in [2.75, 3.05) is 12.4 Å². The Bertz CT molecular complexity index is 615. The molecule has 0 aliphatic heterocycles. The number of hydrogen-bond acceptors (Lipinski definition) is 3. The lowest BCUT2D eigenvalue weighted by Crippen LogP contribution is -2.07. The van der Waals surface area contributed by atoms with E-state index in [1.165, 1.54) is 7.11 Å². The van der Waals surface area contributed by atoms with Crippen LogP contribution in [0.5, 0.6) is 5.88 Å². The number of halogens is 4. The van der Waals surface area contributed by atoms with Crippen molar-refractivity contribution < 1.29 is 17.9 Å². The Labute approximate surface area is 128 Å². The number of nitrogens with one attached hydrogen (secondary N) is 1. The van der Waals surface area contributed by atoms with E-state index in [9.17, 15) is 13.2 Å². The molecule has 1 N–H and O–H groups in total. The van der Waals surface area contributed by atoms with Gasteiger partial charge in [0.2, 0.25) is 5.88 Å². The Kier molecular flexibility index (Phi) is 4.72. The third kappa shape index (κ3) is 4.35. The monoisotopic (exact) mass is 360 g/mol. The lowest BCUT2D eigenvalue weighted by molar-refractivity contribution is -0.137. The highest BCUT2D eigenvalue weighted by Gasteiger charge is 2.31. The van der Waals surface area contributed by atoms with Crippen LogP contribution in [0.25, 0.3) is 0 Å². The Morgan fingerprint density at radius 1 is 1.24 bits per heavy atom. The summed E-state index contributed by atoms with van der Waals surface area (Å²) in [6, 6.07) is 7.19. The molecule has 2 aromatic rings. The van der Waals surface area contributed by atoms with Crippen LogP contribution in [0, 0.1) is 0 Å². The summed E-state index contributed by atoms with van der Waals surface area (Å²) < 4.78 is 43.5. The second kappa shape index (κ2) is 6.34. The van der Waals surface area contributed by atoms with Gasteiger partial charge in [-0.3, -0.25) is 0 Å². The van der Waals surface area contributed by atoms with Crippen LogP contribution in [0.2, 0.25) is 0 Å². The molecule has 0 radical (unpaired) electrons. The minimum Gasteiger partial charge on any atom is -0.481 e. The highest BCUT2D eigenvalue weighted by Crippen LogP contribution is 2.33. The average Bonchev–Trinajstić information content (AvgIpc) is 2.44. The van der Waals surface area contributed by atoms with Gasteiger partial charge in [0, 0.05) is 29.0 Å². The second-order valence-electron chi connectivity index (χ2n) is 4.29. The predicted octanol–water partition coefficient (Wildman–Crippen LogP) is 4.48. The molecule has 21 heavy (non-hydrogen) atoms. The summed E-state index contributed by atoms with van der Waals surface area (Å²) in [6.45, 7) is 0.366. The molecule has 3 nitrogen and oxygen atoms in total. The zero-order valence-electron chi connectivity index (χ0n) is 11.0. The SMILES string of the molecule is COc1ccc(CNc2cc(Br)cc(C(F)(F)F)c2)cn1. The fourth-order valence-electron chi connectivity index (χ4n) is 1.70. The molecule has 1 aromatic carbocycles. The molecule has 0 atom stereocenters. The normalized spacial score (nSPS) is 11.3. The van der Waals surface area contributed by atoms with Crippen molar-refractivity contribution in [3.63, 3.8) is 0 Å². The van der Waals surface area contributed by atoms with Gasteiger partial charge < -0.3 is 10.1 Å². The maximum absolute atomic E-state index is 12.7. The Morgan fingerprint density at radius 3 is 2.57 bits per heavy atom. The van der Waals surface area contributed by atoms with Crippen molar-refractivity contribution in [1.82, 2.24) is 4.98 Å². The number of anilines is 1. The first kappa shape index (κ1) is 15.6. The van der Waals surface area contributed by atoms with E-state index in [4.69, 9.17) is 4.74 Å². The number of rotatable bonds is 4. The highest BCUT2D eigenvalue weighted by atomic mass is 79.9. The minimum absolute atomic E-state index is 0.366. The van der Waals surface area contributed by atoms with Crippen molar-refractivity contribution in [3.05, 3.63) is 52.1 Å². The van der Waals surface area contributed by atoms with Crippen LogP contribution >= 0.6 is 15.9 Å². The summed E-state index contributed by atoms with van der Waals surface area (Å²) >= 11 is 3.08. The molecule has 0 unspecified atom stereocenters. The molecular formula is C14H12BrF3N2O. The summed E-state index contributed by atoms with van der Waals surface area (Å²) in [7, 11) is 1.51. The number of nitrogens with zero attached hydrogens (tertiary/aromatic N) is 1. The van der Waals surface area contributed by atoms with E-state index in [1.54, 1.807) is 24.4 Å². The van der Waals surface area contributed by atoms with E-state index in [0.717, 1.165) is 17.7 Å². The van der Waals surface area contributed by atoms with Crippen molar-refractivity contribution in [1.29, 1.82) is 0 Å². The number of ether oxygens (including phenoxy) is 1. The summed E-state index contributed by atoms with van der Waals surface area (Å²) in [5.74, 6) is 0.487. The topological polar surface area (TPSA) is 34.1 Å². The van der Waals surface area contributed by atoms with Gasteiger partial charge in [0.05, 0.1) is 12.7 Å². The Morgan fingerprint density at radius 2 is 2.00 bits per heavy atom. The van der Waals surface area contributed by atoms with Crippen LogP contribution < -0.4 is 10.1 Å². The van der Waals surface area contributed by atoms with Gasteiger partial charge in [-0.05, 0) is 23.8 Å². The van der Waals surface area contributed by atoms with E-state index in [1.807, 2.05) is 0 Å². The lowest BCUT2D eigenvalue weighted by Gasteiger charge is -2.12. The smallest absolute Gasteiger partial charge is 0.416 e. The summed E-state index contributed by atoms with van der Waals surface area (Å²) in [5.41, 5.74) is 0.518. The van der Waals surface area contributed by atoms with Crippen LogP contribution in [0.1, 0.15) is 11.1 Å². The van der Waals surface area contributed by atoms with Gasteiger partial charge in [-0.1, -0.05) is 22.0 Å². The number of alkyl halides is 3. The first-order valence-corrected chi connectivity index (χ1v) is 6.78. The van der Waals surface area contributed by atoms with Crippen LogP contribution in [0.4, 0.5) is 18.9 Å². The van der Waals surface area contributed by atoms with Crippen LogP contribution in [0.3, 0.4) is 0 Å². The molecular weight excluding hydrogens is 349 g/mol. The molecule has 0 aliphatic carbocycles. The van der Waals surface area contributed by atoms with E-state index in [0.29, 0.717) is 22.6 Å². The van der Waals surface area contributed by atoms with Crippen LogP contribution in [0.15, 0.2) is 41.0 Å². The number of benzene rings is 1. The summed E-state index contributed by atoms with van der Waals surface area (Å²) in [6.07, 6.45) is -2.77. The predicted molar refractivity (Wildman–Crippen MR) is 77.3 cm³/mol. The number of hydrogen-bond donors (Lipinski definition) is 1. The third-order valence-electron chi connectivity index (χ3n) is 2.73. The average molecular weight is 361 g/mol. The standard InChI is InChI=1S/C14H12BrF3N2O/c1-21-13-3-2-9(8-20-13)7-19-12-5-10(14(16,17)18)4-11(15)6-12/h2-6,8,19H,7H2,1H3. The lowest BCUT2D eigenvalue weighted by atomic mass is 10.2. The van der Waals surface area contributed by atoms with Crippen molar-refractivity contribution >= 4 is 21.6 Å². The van der Waals surface area contributed by atoms with Crippen LogP contribution in [-0.2, 0) is 12.7 Å². The molecule has 112 valence electrons. The molecule has 7 heteroatoms. The van der Waals surface area contributed by atoms with Gasteiger partial charge in [0.1, 0.15) is 0 Å². The Balaban J connectivity index is 2.10. The molecule has 2 rings (SSSR count). The number of pyridine rings is 1. The summed E-state index contributed by atoms with van der Waals surface area (Å²) in [5, 5.41) is 2.94. The maximum atomic E-state index is 12.7. The largest absolute Gasteiger partial charge is 0.481 e. The van der Waals surface area contributed by atoms with Gasteiger partial charge in [-0.25, -0.2) is 4.98 Å². The van der Waals surface area contributed by atoms with Crippen LogP contribution in [-0.4, -0.2) is 12.1 Å². The molecule has 0 spiro atoms. The Hall–Kier alpha value is -1.76. The van der Waals surface area contributed by atoms with E-state index < -0.39 is 11.7 Å². The zero-order valence-corrected chi connectivity index (χ0v) is 12.6. The molecule has 1 aromatic heterocycles. The quantitative estimate of drug-likeness (QED) is 0.872. The number of methoxy groups -OCH3 is 1. The molecule has 0 amide bonds. The molecule has 0 aliphatic rings. The summed E-state index contributed by atoms with van der Waals surface area (Å²) in [4.78, 5) is 4.03. The molecule has 0 fully saturated rings. The maximum Gasteiger partial charge on any atom is 0.416 e. The van der Waals surface area contributed by atoms with Gasteiger partial charge in [-0.2, -0.15) is 13.2 Å².